The summed E-state index contributed by atoms with van der Waals surface area (Å²) in [5.74, 6) is 0. The highest BCUT2D eigenvalue weighted by atomic mass is 16.3. The Morgan fingerprint density at radius 3 is 2.92 bits per heavy atom. The second-order valence-corrected chi connectivity index (χ2v) is 3.12. The molecule has 0 aliphatic heterocycles. The Bertz CT molecular complexity index is 326. The molecule has 1 heteroatoms. The third kappa shape index (κ3) is 0.978. The number of rotatable bonds is 0. The van der Waals surface area contributed by atoms with Crippen LogP contribution in [0.25, 0.3) is 5.57 Å². The normalized spacial score (nSPS) is 24.5. The molecule has 0 aromatic heterocycles. The lowest BCUT2D eigenvalue weighted by Crippen LogP contribution is -2.02. The molecule has 0 radical (unpaired) electrons. The van der Waals surface area contributed by atoms with Gasteiger partial charge in [-0.05, 0) is 23.6 Å². The lowest BCUT2D eigenvalue weighted by molar-refractivity contribution is 0.239. The molecule has 0 fully saturated rings. The number of aliphatic hydroxyl groups excluding tert-OH is 1. The van der Waals surface area contributed by atoms with Crippen molar-refractivity contribution in [3.8, 4) is 0 Å². The van der Waals surface area contributed by atoms with E-state index in [0.29, 0.717) is 0 Å². The third-order valence-corrected chi connectivity index (χ3v) is 2.41. The maximum atomic E-state index is 9.64. The molecule has 1 aliphatic rings. The Labute approximate surface area is 72.4 Å². The molecule has 1 aliphatic carbocycles. The summed E-state index contributed by atoms with van der Waals surface area (Å²) >= 11 is 0. The number of hydrogen-bond acceptors (Lipinski definition) is 1. The SMILES string of the molecule is C/C=C1\c2ccccc2CC1O. The largest absolute Gasteiger partial charge is 0.388 e. The van der Waals surface area contributed by atoms with E-state index in [-0.39, 0.29) is 6.10 Å². The van der Waals surface area contributed by atoms with Crippen molar-refractivity contribution in [3.63, 3.8) is 0 Å². The Morgan fingerprint density at radius 1 is 1.42 bits per heavy atom. The van der Waals surface area contributed by atoms with Crippen LogP contribution in [0.15, 0.2) is 30.3 Å². The number of benzene rings is 1. The van der Waals surface area contributed by atoms with Crippen molar-refractivity contribution in [2.75, 3.05) is 0 Å². The van der Waals surface area contributed by atoms with Crippen molar-refractivity contribution in [2.24, 2.45) is 0 Å². The highest BCUT2D eigenvalue weighted by molar-refractivity contribution is 5.75. The van der Waals surface area contributed by atoms with Gasteiger partial charge in [0.2, 0.25) is 0 Å². The van der Waals surface area contributed by atoms with Crippen LogP contribution in [0.5, 0.6) is 0 Å². The molecule has 62 valence electrons. The number of allylic oxidation sites excluding steroid dienone is 1. The first-order valence-corrected chi connectivity index (χ1v) is 4.25. The van der Waals surface area contributed by atoms with Gasteiger partial charge in [0.05, 0.1) is 6.10 Å². The van der Waals surface area contributed by atoms with Gasteiger partial charge in [0, 0.05) is 6.42 Å². The van der Waals surface area contributed by atoms with E-state index in [1.807, 2.05) is 25.1 Å². The number of fused-ring (bicyclic) bond motifs is 1. The fourth-order valence-corrected chi connectivity index (χ4v) is 1.83. The zero-order valence-corrected chi connectivity index (χ0v) is 7.12. The fraction of sp³-hybridized carbons (Fsp3) is 0.273. The lowest BCUT2D eigenvalue weighted by atomic mass is 10.1. The van der Waals surface area contributed by atoms with Gasteiger partial charge >= 0.3 is 0 Å². The van der Waals surface area contributed by atoms with Gasteiger partial charge in [-0.2, -0.15) is 0 Å². The van der Waals surface area contributed by atoms with Crippen molar-refractivity contribution in [1.29, 1.82) is 0 Å². The standard InChI is InChI=1S/C11H12O/c1-2-9-10-6-4-3-5-8(10)7-11(9)12/h2-6,11-12H,7H2,1H3/b9-2+. The van der Waals surface area contributed by atoms with Crippen LogP contribution in [-0.2, 0) is 6.42 Å². The molecule has 1 unspecified atom stereocenters. The van der Waals surface area contributed by atoms with E-state index in [0.717, 1.165) is 12.0 Å². The minimum absolute atomic E-state index is 0.285. The van der Waals surface area contributed by atoms with Gasteiger partial charge in [-0.15, -0.1) is 0 Å². The van der Waals surface area contributed by atoms with E-state index in [4.69, 9.17) is 0 Å². The highest BCUT2D eigenvalue weighted by Gasteiger charge is 2.22. The summed E-state index contributed by atoms with van der Waals surface area (Å²) < 4.78 is 0. The van der Waals surface area contributed by atoms with Crippen LogP contribution >= 0.6 is 0 Å². The molecule has 1 aromatic rings. The molecule has 1 N–H and O–H groups in total. The number of hydrogen-bond donors (Lipinski definition) is 1. The predicted octanol–water partition coefficient (Wildman–Crippen LogP) is 2.01. The van der Waals surface area contributed by atoms with Gasteiger partial charge in [0.15, 0.2) is 0 Å². The fourth-order valence-electron chi connectivity index (χ4n) is 1.83. The summed E-state index contributed by atoms with van der Waals surface area (Å²) in [5.41, 5.74) is 3.55. The number of aliphatic hydroxyl groups is 1. The van der Waals surface area contributed by atoms with Crippen LogP contribution in [0.1, 0.15) is 18.1 Å². The topological polar surface area (TPSA) is 20.2 Å². The molecule has 0 spiro atoms. The first-order valence-electron chi connectivity index (χ1n) is 4.25. The molecule has 0 heterocycles. The van der Waals surface area contributed by atoms with Gasteiger partial charge in [0.25, 0.3) is 0 Å². The van der Waals surface area contributed by atoms with Crippen molar-refractivity contribution in [3.05, 3.63) is 41.5 Å². The quantitative estimate of drug-likeness (QED) is 0.615. The zero-order chi connectivity index (χ0) is 8.55. The van der Waals surface area contributed by atoms with E-state index in [1.165, 1.54) is 11.1 Å². The molecule has 0 bridgehead atoms. The summed E-state index contributed by atoms with van der Waals surface area (Å²) in [6, 6.07) is 8.18. The van der Waals surface area contributed by atoms with Crippen molar-refractivity contribution in [2.45, 2.75) is 19.4 Å². The minimum atomic E-state index is -0.285. The zero-order valence-electron chi connectivity index (χ0n) is 7.12. The van der Waals surface area contributed by atoms with E-state index < -0.39 is 0 Å². The van der Waals surface area contributed by atoms with Crippen LogP contribution in [0.4, 0.5) is 0 Å². The van der Waals surface area contributed by atoms with Crippen molar-refractivity contribution in [1.82, 2.24) is 0 Å². The van der Waals surface area contributed by atoms with Gasteiger partial charge in [-0.3, -0.25) is 0 Å². The molecule has 1 atom stereocenters. The second-order valence-electron chi connectivity index (χ2n) is 3.12. The van der Waals surface area contributed by atoms with E-state index in [1.54, 1.807) is 0 Å². The second kappa shape index (κ2) is 2.76. The summed E-state index contributed by atoms with van der Waals surface area (Å²) in [4.78, 5) is 0. The maximum Gasteiger partial charge on any atom is 0.0833 e. The Balaban J connectivity index is 2.55. The first-order chi connectivity index (χ1) is 5.83. The van der Waals surface area contributed by atoms with Gasteiger partial charge in [-0.25, -0.2) is 0 Å². The Morgan fingerprint density at radius 2 is 2.17 bits per heavy atom. The van der Waals surface area contributed by atoms with Gasteiger partial charge in [0.1, 0.15) is 0 Å². The minimum Gasteiger partial charge on any atom is -0.388 e. The predicted molar refractivity (Wildman–Crippen MR) is 49.8 cm³/mol. The van der Waals surface area contributed by atoms with Crippen LogP contribution in [0.2, 0.25) is 0 Å². The smallest absolute Gasteiger partial charge is 0.0833 e. The molecule has 0 amide bonds. The summed E-state index contributed by atoms with van der Waals surface area (Å²) in [6.07, 6.45) is 2.49. The average molecular weight is 160 g/mol. The molecule has 0 saturated carbocycles. The monoisotopic (exact) mass is 160 g/mol. The molecule has 1 nitrogen and oxygen atoms in total. The van der Waals surface area contributed by atoms with Crippen LogP contribution < -0.4 is 0 Å². The van der Waals surface area contributed by atoms with Crippen LogP contribution in [0.3, 0.4) is 0 Å². The van der Waals surface area contributed by atoms with Crippen LogP contribution in [0, 0.1) is 0 Å². The Kier molecular flexibility index (Phi) is 1.74. The Hall–Kier alpha value is -1.08. The van der Waals surface area contributed by atoms with Crippen LogP contribution in [-0.4, -0.2) is 11.2 Å². The summed E-state index contributed by atoms with van der Waals surface area (Å²) in [5, 5.41) is 9.64. The first kappa shape index (κ1) is 7.56. The summed E-state index contributed by atoms with van der Waals surface area (Å²) in [7, 11) is 0. The van der Waals surface area contributed by atoms with E-state index >= 15 is 0 Å². The molecule has 1 aromatic carbocycles. The molecule has 12 heavy (non-hydrogen) atoms. The molecule has 0 saturated heterocycles. The molecule has 2 rings (SSSR count). The molecular weight excluding hydrogens is 148 g/mol. The van der Waals surface area contributed by atoms with Gasteiger partial charge < -0.3 is 5.11 Å². The summed E-state index contributed by atoms with van der Waals surface area (Å²) in [6.45, 7) is 1.97. The van der Waals surface area contributed by atoms with Crippen molar-refractivity contribution < 1.29 is 5.11 Å². The lowest BCUT2D eigenvalue weighted by Gasteiger charge is -2.02. The maximum absolute atomic E-state index is 9.64. The van der Waals surface area contributed by atoms with E-state index in [2.05, 4.69) is 12.1 Å². The van der Waals surface area contributed by atoms with E-state index in [9.17, 15) is 5.11 Å². The average Bonchev–Trinajstić information content (AvgIpc) is 2.40. The highest BCUT2D eigenvalue weighted by Crippen LogP contribution is 2.31. The third-order valence-electron chi connectivity index (χ3n) is 2.41. The van der Waals surface area contributed by atoms with Gasteiger partial charge in [-0.1, -0.05) is 30.3 Å². The van der Waals surface area contributed by atoms with Crippen molar-refractivity contribution >= 4 is 5.57 Å². The molecular formula is C11H12O.